The van der Waals surface area contributed by atoms with Gasteiger partial charge in [0.15, 0.2) is 5.82 Å². The molecule has 132 valence electrons. The van der Waals surface area contributed by atoms with E-state index in [-0.39, 0.29) is 17.6 Å². The molecule has 25 heavy (non-hydrogen) atoms. The van der Waals surface area contributed by atoms with Crippen molar-refractivity contribution in [2.75, 3.05) is 19.8 Å². The lowest BCUT2D eigenvalue weighted by molar-refractivity contribution is -0.139. The number of benzene rings is 1. The molecule has 2 saturated heterocycles. The smallest absolute Gasteiger partial charge is 0.252 e. The van der Waals surface area contributed by atoms with Crippen LogP contribution >= 0.6 is 0 Å². The summed E-state index contributed by atoms with van der Waals surface area (Å²) in [6.07, 6.45) is 4.91. The summed E-state index contributed by atoms with van der Waals surface area (Å²) in [4.78, 5) is 17.0. The molecular formula is C18H22N4O3. The zero-order chi connectivity index (χ0) is 17.1. The molecule has 3 heterocycles. The van der Waals surface area contributed by atoms with Crippen molar-refractivity contribution in [2.45, 2.75) is 37.3 Å². The molecule has 1 spiro atoms. The molecule has 2 fully saturated rings. The van der Waals surface area contributed by atoms with Gasteiger partial charge in [-0.05, 0) is 31.7 Å². The van der Waals surface area contributed by atoms with Gasteiger partial charge in [0.05, 0.1) is 11.2 Å². The van der Waals surface area contributed by atoms with Gasteiger partial charge < -0.3 is 14.8 Å². The molecule has 1 aromatic carbocycles. The second-order valence-corrected chi connectivity index (χ2v) is 6.69. The van der Waals surface area contributed by atoms with Crippen LogP contribution < -0.4 is 5.32 Å². The number of amides is 1. The van der Waals surface area contributed by atoms with E-state index in [4.69, 9.17) is 9.47 Å². The van der Waals surface area contributed by atoms with Crippen molar-refractivity contribution in [3.63, 3.8) is 0 Å². The van der Waals surface area contributed by atoms with Crippen LogP contribution in [0.3, 0.4) is 0 Å². The Hall–Kier alpha value is -2.25. The van der Waals surface area contributed by atoms with Gasteiger partial charge in [0.25, 0.3) is 5.91 Å². The zero-order valence-electron chi connectivity index (χ0n) is 14.0. The molecule has 0 saturated carbocycles. The predicted molar refractivity (Wildman–Crippen MR) is 91.0 cm³/mol. The van der Waals surface area contributed by atoms with Gasteiger partial charge in [-0.1, -0.05) is 18.2 Å². The standard InChI is InChI=1S/C18H22N4O3/c23-17(15-4-2-1-3-14(15)16-19-12-20-22-16)21-13-5-8-25-18(11-13)6-9-24-10-7-18/h1-4,12-13H,5-11H2,(H,21,23)(H,19,20,22)/t13-/m1/s1. The Labute approximate surface area is 146 Å². The van der Waals surface area contributed by atoms with E-state index in [0.29, 0.717) is 18.0 Å². The third-order valence-electron chi connectivity index (χ3n) is 5.07. The van der Waals surface area contributed by atoms with Crippen LogP contribution in [-0.2, 0) is 9.47 Å². The largest absolute Gasteiger partial charge is 0.381 e. The fourth-order valence-corrected chi connectivity index (χ4v) is 3.73. The predicted octanol–water partition coefficient (Wildman–Crippen LogP) is 1.93. The number of hydrogen-bond donors (Lipinski definition) is 2. The van der Waals surface area contributed by atoms with Crippen LogP contribution in [0.4, 0.5) is 0 Å². The van der Waals surface area contributed by atoms with Crippen LogP contribution in [0.25, 0.3) is 11.4 Å². The first-order valence-electron chi connectivity index (χ1n) is 8.73. The minimum atomic E-state index is -0.140. The summed E-state index contributed by atoms with van der Waals surface area (Å²) < 4.78 is 11.5. The van der Waals surface area contributed by atoms with Crippen LogP contribution in [0.1, 0.15) is 36.0 Å². The normalized spacial score (nSPS) is 22.6. The average molecular weight is 342 g/mol. The van der Waals surface area contributed by atoms with Crippen molar-refractivity contribution < 1.29 is 14.3 Å². The van der Waals surface area contributed by atoms with Crippen molar-refractivity contribution in [2.24, 2.45) is 0 Å². The number of rotatable bonds is 3. The van der Waals surface area contributed by atoms with Crippen molar-refractivity contribution >= 4 is 5.91 Å². The van der Waals surface area contributed by atoms with E-state index in [1.165, 1.54) is 6.33 Å². The molecule has 2 N–H and O–H groups in total. The number of aromatic nitrogens is 3. The van der Waals surface area contributed by atoms with Gasteiger partial charge in [-0.2, -0.15) is 5.10 Å². The molecule has 4 rings (SSSR count). The van der Waals surface area contributed by atoms with Crippen molar-refractivity contribution in [1.82, 2.24) is 20.5 Å². The van der Waals surface area contributed by atoms with Crippen LogP contribution in [0, 0.1) is 0 Å². The Balaban J connectivity index is 1.49. The Morgan fingerprint density at radius 3 is 2.88 bits per heavy atom. The maximum absolute atomic E-state index is 12.9. The van der Waals surface area contributed by atoms with Crippen LogP contribution in [0.2, 0.25) is 0 Å². The lowest BCUT2D eigenvalue weighted by atomic mass is 9.84. The van der Waals surface area contributed by atoms with Crippen LogP contribution in [0.15, 0.2) is 30.6 Å². The van der Waals surface area contributed by atoms with Gasteiger partial charge in [-0.3, -0.25) is 9.89 Å². The van der Waals surface area contributed by atoms with Crippen molar-refractivity contribution in [3.8, 4) is 11.4 Å². The van der Waals surface area contributed by atoms with Crippen LogP contribution in [0.5, 0.6) is 0 Å². The number of H-pyrrole nitrogens is 1. The minimum Gasteiger partial charge on any atom is -0.381 e. The molecule has 0 radical (unpaired) electrons. The summed E-state index contributed by atoms with van der Waals surface area (Å²) in [6.45, 7) is 2.14. The van der Waals surface area contributed by atoms with E-state index in [1.54, 1.807) is 0 Å². The summed E-state index contributed by atoms with van der Waals surface area (Å²) in [5.41, 5.74) is 1.22. The first kappa shape index (κ1) is 16.2. The van der Waals surface area contributed by atoms with E-state index in [0.717, 1.165) is 44.5 Å². The van der Waals surface area contributed by atoms with Crippen molar-refractivity contribution in [3.05, 3.63) is 36.2 Å². The Kier molecular flexibility index (Phi) is 4.50. The third-order valence-corrected chi connectivity index (χ3v) is 5.07. The highest BCUT2D eigenvalue weighted by Crippen LogP contribution is 2.34. The van der Waals surface area contributed by atoms with Gasteiger partial charge in [0, 0.05) is 31.4 Å². The molecule has 7 nitrogen and oxygen atoms in total. The molecule has 2 aliphatic rings. The summed E-state index contributed by atoms with van der Waals surface area (Å²) in [5.74, 6) is 0.514. The molecule has 1 amide bonds. The molecule has 2 aromatic rings. The number of carbonyl (C=O) groups excluding carboxylic acids is 1. The minimum absolute atomic E-state index is 0.0823. The quantitative estimate of drug-likeness (QED) is 0.890. The summed E-state index contributed by atoms with van der Waals surface area (Å²) in [7, 11) is 0. The van der Waals surface area contributed by atoms with Gasteiger partial charge in [-0.25, -0.2) is 4.98 Å². The number of aromatic amines is 1. The number of hydrogen-bond acceptors (Lipinski definition) is 5. The van der Waals surface area contributed by atoms with Gasteiger partial charge in [-0.15, -0.1) is 0 Å². The van der Waals surface area contributed by atoms with Gasteiger partial charge >= 0.3 is 0 Å². The fraction of sp³-hybridized carbons (Fsp3) is 0.500. The summed E-state index contributed by atoms with van der Waals surface area (Å²) >= 11 is 0. The van der Waals surface area contributed by atoms with E-state index in [1.807, 2.05) is 24.3 Å². The highest BCUT2D eigenvalue weighted by molar-refractivity contribution is 6.00. The number of carbonyl (C=O) groups is 1. The Morgan fingerprint density at radius 2 is 2.08 bits per heavy atom. The molecule has 1 aromatic heterocycles. The highest BCUT2D eigenvalue weighted by atomic mass is 16.5. The number of nitrogens with one attached hydrogen (secondary N) is 2. The van der Waals surface area contributed by atoms with E-state index < -0.39 is 0 Å². The second kappa shape index (κ2) is 6.93. The fourth-order valence-electron chi connectivity index (χ4n) is 3.73. The van der Waals surface area contributed by atoms with Crippen LogP contribution in [-0.4, -0.2) is 52.6 Å². The molecule has 1 atom stereocenters. The lowest BCUT2D eigenvalue weighted by Gasteiger charge is -2.43. The van der Waals surface area contributed by atoms with E-state index in [9.17, 15) is 4.79 Å². The molecule has 7 heteroatoms. The lowest BCUT2D eigenvalue weighted by Crippen LogP contribution is -2.51. The van der Waals surface area contributed by atoms with Gasteiger partial charge in [0.1, 0.15) is 6.33 Å². The Morgan fingerprint density at radius 1 is 1.24 bits per heavy atom. The monoisotopic (exact) mass is 342 g/mol. The topological polar surface area (TPSA) is 89.1 Å². The first-order valence-corrected chi connectivity index (χ1v) is 8.73. The summed E-state index contributed by atoms with van der Waals surface area (Å²) in [5, 5.41) is 9.89. The van der Waals surface area contributed by atoms with Crippen molar-refractivity contribution in [1.29, 1.82) is 0 Å². The first-order chi connectivity index (χ1) is 12.3. The zero-order valence-corrected chi connectivity index (χ0v) is 14.0. The maximum Gasteiger partial charge on any atom is 0.252 e. The van der Waals surface area contributed by atoms with E-state index in [2.05, 4.69) is 20.5 Å². The number of ether oxygens (including phenoxy) is 2. The third kappa shape index (κ3) is 3.43. The average Bonchev–Trinajstić information content (AvgIpc) is 3.17. The molecule has 0 bridgehead atoms. The molecular weight excluding hydrogens is 320 g/mol. The Bertz CT molecular complexity index is 720. The molecule has 0 aliphatic carbocycles. The molecule has 0 unspecified atom stereocenters. The summed E-state index contributed by atoms with van der Waals surface area (Å²) in [6, 6.07) is 7.55. The van der Waals surface area contributed by atoms with E-state index >= 15 is 0 Å². The SMILES string of the molecule is O=C(N[C@@H]1CCOC2(CCOCC2)C1)c1ccccc1-c1ncn[nH]1. The molecule has 2 aliphatic heterocycles. The maximum atomic E-state index is 12.9. The second-order valence-electron chi connectivity index (χ2n) is 6.69. The highest BCUT2D eigenvalue weighted by Gasteiger charge is 2.39. The van der Waals surface area contributed by atoms with Gasteiger partial charge in [0.2, 0.25) is 0 Å². The number of nitrogens with zero attached hydrogens (tertiary/aromatic N) is 2.